The number of carbonyl (C=O) groups excluding carboxylic acids is 1. The van der Waals surface area contributed by atoms with Gasteiger partial charge in [0.05, 0.1) is 7.11 Å². The van der Waals surface area contributed by atoms with Gasteiger partial charge < -0.3 is 4.74 Å². The van der Waals surface area contributed by atoms with E-state index in [1.165, 1.54) is 14.2 Å². The Hall–Kier alpha value is 0.620. The zero-order chi connectivity index (χ0) is 5.86. The van der Waals surface area contributed by atoms with E-state index in [0.717, 1.165) is 4.31 Å². The molecule has 0 aromatic rings. The molecule has 0 saturated carbocycles. The molecule has 0 aromatic heterocycles. The van der Waals surface area contributed by atoms with Gasteiger partial charge in [0.1, 0.15) is 0 Å². The van der Waals surface area contributed by atoms with Crippen LogP contribution in [0, 0.1) is 0 Å². The minimum absolute atomic E-state index is 0. The van der Waals surface area contributed by atoms with Crippen molar-refractivity contribution in [1.82, 2.24) is 4.31 Å². The third-order valence-electron chi connectivity index (χ3n) is 0.439. The van der Waals surface area contributed by atoms with Crippen LogP contribution >= 0.6 is 12.8 Å². The number of carbonyl (C=O) groups is 1. The van der Waals surface area contributed by atoms with Crippen molar-refractivity contribution in [1.29, 1.82) is 0 Å². The monoisotopic (exact) mass is 145 g/mol. The number of hydrogen-bond donors (Lipinski definition) is 1. The van der Waals surface area contributed by atoms with Gasteiger partial charge in [-0.05, 0) is 0 Å². The molecule has 0 aliphatic carbocycles. The zero-order valence-corrected chi connectivity index (χ0v) is 5.11. The molecule has 8 heavy (non-hydrogen) atoms. The fraction of sp³-hybridized carbons (Fsp3) is 0.667. The second-order valence-electron chi connectivity index (χ2n) is 0.994. The van der Waals surface area contributed by atoms with Crippen LogP contribution in [0.3, 0.4) is 0 Å². The van der Waals surface area contributed by atoms with Crippen LogP contribution in [-0.4, -0.2) is 54.1 Å². The van der Waals surface area contributed by atoms with Gasteiger partial charge in [-0.25, -0.2) is 4.79 Å². The van der Waals surface area contributed by atoms with Crippen molar-refractivity contribution < 1.29 is 9.53 Å². The molecule has 0 aliphatic heterocycles. The number of rotatable bonds is 0. The van der Waals surface area contributed by atoms with E-state index in [4.69, 9.17) is 0 Å². The van der Waals surface area contributed by atoms with Crippen molar-refractivity contribution >= 4 is 48.5 Å². The third-order valence-corrected chi connectivity index (χ3v) is 0.602. The predicted octanol–water partition coefficient (Wildman–Crippen LogP) is -0.119. The molecule has 0 N–H and O–H groups in total. The first-order valence-corrected chi connectivity index (χ1v) is 2.09. The Morgan fingerprint density at radius 3 is 2.12 bits per heavy atom. The van der Waals surface area contributed by atoms with Gasteiger partial charge in [0.15, 0.2) is 0 Å². The Labute approximate surface area is 76.2 Å². The van der Waals surface area contributed by atoms with E-state index in [2.05, 4.69) is 17.6 Å². The number of thiol groups is 1. The van der Waals surface area contributed by atoms with Crippen LogP contribution in [0.15, 0.2) is 0 Å². The summed E-state index contributed by atoms with van der Waals surface area (Å²) in [7, 11) is 2.80. The van der Waals surface area contributed by atoms with E-state index in [0.29, 0.717) is 0 Å². The molecule has 0 bridgehead atoms. The van der Waals surface area contributed by atoms with Gasteiger partial charge in [0.25, 0.3) is 0 Å². The molecule has 0 fully saturated rings. The fourth-order valence-electron chi connectivity index (χ4n) is 0.132. The maximum absolute atomic E-state index is 10.1. The van der Waals surface area contributed by atoms with Gasteiger partial charge in [-0.2, -0.15) is 0 Å². The number of nitrogens with zero attached hydrogens (tertiary/aromatic N) is 1. The molecule has 1 amide bonds. The quantitative estimate of drug-likeness (QED) is 0.380. The summed E-state index contributed by atoms with van der Waals surface area (Å²) in [6.45, 7) is 0. The van der Waals surface area contributed by atoms with Crippen molar-refractivity contribution in [3.8, 4) is 0 Å². The van der Waals surface area contributed by atoms with Crippen LogP contribution in [-0.2, 0) is 4.74 Å². The summed E-state index contributed by atoms with van der Waals surface area (Å²) in [5.41, 5.74) is 0. The molecule has 5 heteroatoms. The van der Waals surface area contributed by atoms with Crippen molar-refractivity contribution in [2.24, 2.45) is 0 Å². The molecule has 0 saturated heterocycles. The van der Waals surface area contributed by atoms with Gasteiger partial charge in [0.2, 0.25) is 0 Å². The zero-order valence-electron chi connectivity index (χ0n) is 4.21. The summed E-state index contributed by atoms with van der Waals surface area (Å²) in [5.74, 6) is 0. The molecule has 0 aliphatic rings. The molecule has 3 nitrogen and oxygen atoms in total. The topological polar surface area (TPSA) is 29.5 Å². The first kappa shape index (κ1) is 11.4. The van der Waals surface area contributed by atoms with Crippen molar-refractivity contribution in [3.63, 3.8) is 0 Å². The molecule has 0 radical (unpaired) electrons. The van der Waals surface area contributed by atoms with E-state index >= 15 is 0 Å². The van der Waals surface area contributed by atoms with Gasteiger partial charge in [0, 0.05) is 7.05 Å². The molecule has 0 aromatic carbocycles. The summed E-state index contributed by atoms with van der Waals surface area (Å²) in [4.78, 5) is 10.1. The average Bonchev–Trinajstić information content (AvgIpc) is 1.65. The Bertz CT molecular complexity index is 77.7. The Morgan fingerprint density at radius 2 is 2.12 bits per heavy atom. The van der Waals surface area contributed by atoms with Crippen LogP contribution in [0.2, 0.25) is 0 Å². The Kier molecular flexibility index (Phi) is 8.21. The van der Waals surface area contributed by atoms with Gasteiger partial charge in [-0.1, -0.05) is 12.8 Å². The van der Waals surface area contributed by atoms with Crippen LogP contribution in [0.25, 0.3) is 0 Å². The predicted molar refractivity (Wildman–Crippen MR) is 36.3 cm³/mol. The SMILES string of the molecule is COC(=O)N(C)S.[NaH]. The molecule has 0 spiro atoms. The van der Waals surface area contributed by atoms with Crippen LogP contribution in [0.5, 0.6) is 0 Å². The van der Waals surface area contributed by atoms with E-state index in [9.17, 15) is 4.79 Å². The van der Waals surface area contributed by atoms with E-state index in [-0.39, 0.29) is 29.6 Å². The Morgan fingerprint density at radius 1 is 1.75 bits per heavy atom. The standard InChI is InChI=1S/C3H7NO2S.Na.H/c1-4(7)3(5)6-2;;/h7H,1-2H3;;. The van der Waals surface area contributed by atoms with Gasteiger partial charge in [-0.15, -0.1) is 0 Å². The average molecular weight is 145 g/mol. The van der Waals surface area contributed by atoms with Gasteiger partial charge >= 0.3 is 35.7 Å². The van der Waals surface area contributed by atoms with Crippen LogP contribution < -0.4 is 0 Å². The second kappa shape index (κ2) is 5.75. The fourth-order valence-corrected chi connectivity index (χ4v) is 0.214. The summed E-state index contributed by atoms with van der Waals surface area (Å²) in [5, 5.41) is 0. The summed E-state index contributed by atoms with van der Waals surface area (Å²) < 4.78 is 5.28. The normalized spacial score (nSPS) is 6.88. The van der Waals surface area contributed by atoms with Crippen LogP contribution in [0.1, 0.15) is 0 Å². The number of hydrogen-bond acceptors (Lipinski definition) is 3. The van der Waals surface area contributed by atoms with E-state index in [1.807, 2.05) is 0 Å². The molecule has 44 valence electrons. The van der Waals surface area contributed by atoms with Crippen molar-refractivity contribution in [3.05, 3.63) is 0 Å². The number of amides is 1. The molecular weight excluding hydrogens is 137 g/mol. The van der Waals surface area contributed by atoms with Gasteiger partial charge in [-0.3, -0.25) is 4.31 Å². The summed E-state index contributed by atoms with van der Waals surface area (Å²) >= 11 is 3.63. The molecule has 0 atom stereocenters. The molecule has 0 unspecified atom stereocenters. The first-order chi connectivity index (χ1) is 3.18. The van der Waals surface area contributed by atoms with E-state index < -0.39 is 6.09 Å². The minimum atomic E-state index is -0.455. The van der Waals surface area contributed by atoms with Crippen LogP contribution in [0.4, 0.5) is 4.79 Å². The van der Waals surface area contributed by atoms with Crippen molar-refractivity contribution in [2.45, 2.75) is 0 Å². The molecule has 0 heterocycles. The number of ether oxygens (including phenoxy) is 1. The Balaban J connectivity index is 0. The first-order valence-electron chi connectivity index (χ1n) is 1.69. The number of methoxy groups -OCH3 is 1. The summed E-state index contributed by atoms with van der Waals surface area (Å²) in [6.07, 6.45) is -0.455. The molecular formula is C3H8NNaO2S. The summed E-state index contributed by atoms with van der Waals surface area (Å²) in [6, 6.07) is 0. The third kappa shape index (κ3) is 4.77. The molecule has 0 rings (SSSR count). The second-order valence-corrected chi connectivity index (χ2v) is 1.59. The van der Waals surface area contributed by atoms with E-state index in [1.54, 1.807) is 0 Å². The van der Waals surface area contributed by atoms with Crippen molar-refractivity contribution in [2.75, 3.05) is 14.2 Å². The maximum atomic E-state index is 10.1.